The molecule has 0 aliphatic carbocycles. The van der Waals surface area contributed by atoms with Gasteiger partial charge in [-0.15, -0.1) is 0 Å². The van der Waals surface area contributed by atoms with Gasteiger partial charge in [0.1, 0.15) is 30.5 Å². The first kappa shape index (κ1) is 25.4. The number of carbonyl (C=O) groups is 2. The van der Waals surface area contributed by atoms with Crippen LogP contribution in [-0.2, 0) is 4.79 Å². The summed E-state index contributed by atoms with van der Waals surface area (Å²) < 4.78 is 45.2. The van der Waals surface area contributed by atoms with Gasteiger partial charge >= 0.3 is 5.97 Å². The molecule has 0 bridgehead atoms. The average Bonchev–Trinajstić information content (AvgIpc) is 3.30. The summed E-state index contributed by atoms with van der Waals surface area (Å²) in [5.74, 6) is 2.47. The van der Waals surface area contributed by atoms with E-state index in [9.17, 15) is 9.59 Å². The Kier molecular flexibility index (Phi) is 6.37. The molecule has 1 atom stereocenters. The van der Waals surface area contributed by atoms with Crippen molar-refractivity contribution in [2.75, 3.05) is 41.7 Å². The Morgan fingerprint density at radius 2 is 1.48 bits per heavy atom. The zero-order valence-electron chi connectivity index (χ0n) is 22.3. The van der Waals surface area contributed by atoms with Crippen molar-refractivity contribution in [2.24, 2.45) is 0 Å². The Morgan fingerprint density at radius 3 is 2.23 bits per heavy atom. The Labute approximate surface area is 229 Å². The third kappa shape index (κ3) is 4.12. The number of allylic oxidation sites excluding steroid dienone is 1. The second kappa shape index (κ2) is 10.0. The molecule has 0 aromatic heterocycles. The summed E-state index contributed by atoms with van der Waals surface area (Å²) in [5, 5.41) is 0. The highest BCUT2D eigenvalue weighted by Crippen LogP contribution is 2.51. The highest BCUT2D eigenvalue weighted by molar-refractivity contribution is 6.15. The molecule has 0 spiro atoms. The minimum Gasteiger partial charge on any atom is -0.496 e. The maximum atomic E-state index is 13.5. The van der Waals surface area contributed by atoms with Crippen LogP contribution in [0.15, 0.2) is 42.2 Å². The largest absolute Gasteiger partial charge is 0.496 e. The van der Waals surface area contributed by atoms with Crippen LogP contribution in [0.5, 0.6) is 46.0 Å². The van der Waals surface area contributed by atoms with E-state index in [-0.39, 0.29) is 18.0 Å². The van der Waals surface area contributed by atoms with Gasteiger partial charge in [-0.3, -0.25) is 9.59 Å². The topological polar surface area (TPSA) is 108 Å². The normalized spacial score (nSPS) is 17.9. The fourth-order valence-corrected chi connectivity index (χ4v) is 5.19. The maximum absolute atomic E-state index is 13.5. The van der Waals surface area contributed by atoms with E-state index in [4.69, 9.17) is 37.9 Å². The van der Waals surface area contributed by atoms with Crippen molar-refractivity contribution in [3.63, 3.8) is 0 Å². The van der Waals surface area contributed by atoms with E-state index in [1.54, 1.807) is 37.5 Å². The molecule has 206 valence electrons. The number of Topliss-reactive ketones (excluding diaryl/α,β-unsaturated/α-hetero) is 1. The number of hydrogen-bond donors (Lipinski definition) is 0. The molecule has 10 heteroatoms. The minimum absolute atomic E-state index is 0.0341. The average molecular weight is 547 g/mol. The van der Waals surface area contributed by atoms with Gasteiger partial charge in [0.25, 0.3) is 0 Å². The van der Waals surface area contributed by atoms with Crippen molar-refractivity contribution >= 4 is 17.8 Å². The highest BCUT2D eigenvalue weighted by atomic mass is 16.6. The van der Waals surface area contributed by atoms with Crippen LogP contribution in [-0.4, -0.2) is 53.4 Å². The number of hydrogen-bond acceptors (Lipinski definition) is 10. The van der Waals surface area contributed by atoms with Gasteiger partial charge in [0.2, 0.25) is 11.5 Å². The quantitative estimate of drug-likeness (QED) is 0.248. The summed E-state index contributed by atoms with van der Waals surface area (Å²) in [7, 11) is 6.11. The second-order valence-corrected chi connectivity index (χ2v) is 9.22. The number of ketones is 1. The lowest BCUT2D eigenvalue weighted by molar-refractivity contribution is -0.135. The van der Waals surface area contributed by atoms with E-state index >= 15 is 0 Å². The van der Waals surface area contributed by atoms with Gasteiger partial charge < -0.3 is 37.9 Å². The number of fused-ring (bicyclic) bond motifs is 4. The van der Waals surface area contributed by atoms with Crippen LogP contribution in [0.25, 0.3) is 6.08 Å². The van der Waals surface area contributed by atoms with Crippen LogP contribution in [0.4, 0.5) is 0 Å². The monoisotopic (exact) mass is 546 g/mol. The molecule has 0 saturated carbocycles. The summed E-state index contributed by atoms with van der Waals surface area (Å²) >= 11 is 0. The lowest BCUT2D eigenvalue weighted by Crippen LogP contribution is -2.22. The lowest BCUT2D eigenvalue weighted by Gasteiger charge is -2.28. The SMILES string of the molecule is COc1cc(OC)c(OC)cc1/C=C1\Oc2c(ccc3c2[C@H](c2cc(OC)c4c(c2)OCCO4)CC(=O)O3)C1=O. The van der Waals surface area contributed by atoms with Crippen LogP contribution in [0.1, 0.15) is 39.4 Å². The number of esters is 1. The summed E-state index contributed by atoms with van der Waals surface area (Å²) in [4.78, 5) is 26.2. The molecule has 3 aliphatic rings. The first-order chi connectivity index (χ1) is 19.4. The van der Waals surface area contributed by atoms with Crippen molar-refractivity contribution < 1.29 is 47.5 Å². The van der Waals surface area contributed by atoms with Crippen molar-refractivity contribution in [3.8, 4) is 46.0 Å². The van der Waals surface area contributed by atoms with E-state index in [0.29, 0.717) is 75.9 Å². The molecule has 0 amide bonds. The number of benzene rings is 3. The number of rotatable bonds is 6. The standard InChI is InChI=1S/C30H26O10/c1-33-20-14-22(35-3)21(34-2)11-16(20)12-23-28(32)17-5-6-19-27(29(17)40-23)18(13-26(31)39-19)15-9-24(36-4)30-25(10-15)37-7-8-38-30/h5-6,9-12,14,18H,7-8,13H2,1-4H3/b23-12-/t18-/m0/s1. The van der Waals surface area contributed by atoms with Crippen LogP contribution < -0.4 is 37.9 Å². The van der Waals surface area contributed by atoms with Crippen molar-refractivity contribution in [1.29, 1.82) is 0 Å². The van der Waals surface area contributed by atoms with E-state index in [2.05, 4.69) is 0 Å². The van der Waals surface area contributed by atoms with Gasteiger partial charge in [-0.1, -0.05) is 0 Å². The third-order valence-electron chi connectivity index (χ3n) is 7.05. The van der Waals surface area contributed by atoms with Gasteiger partial charge in [-0.05, 0) is 42.0 Å². The Morgan fingerprint density at radius 1 is 0.750 bits per heavy atom. The molecular weight excluding hydrogens is 520 g/mol. The van der Waals surface area contributed by atoms with Gasteiger partial charge in [0, 0.05) is 23.1 Å². The van der Waals surface area contributed by atoms with E-state index in [0.717, 1.165) is 5.56 Å². The molecule has 6 rings (SSSR count). The number of ether oxygens (including phenoxy) is 8. The predicted octanol–water partition coefficient (Wildman–Crippen LogP) is 4.55. The predicted molar refractivity (Wildman–Crippen MR) is 142 cm³/mol. The first-order valence-corrected chi connectivity index (χ1v) is 12.5. The molecule has 0 N–H and O–H groups in total. The summed E-state index contributed by atoms with van der Waals surface area (Å²) in [6.07, 6.45) is 1.62. The fourth-order valence-electron chi connectivity index (χ4n) is 5.19. The summed E-state index contributed by atoms with van der Waals surface area (Å²) in [6, 6.07) is 10.2. The van der Waals surface area contributed by atoms with Crippen LogP contribution in [0, 0.1) is 0 Å². The molecule has 0 fully saturated rings. The Bertz CT molecular complexity index is 1550. The number of carbonyl (C=O) groups excluding carboxylic acids is 2. The van der Waals surface area contributed by atoms with Crippen LogP contribution in [0.3, 0.4) is 0 Å². The Balaban J connectivity index is 1.45. The molecule has 3 aromatic rings. The molecule has 0 unspecified atom stereocenters. The fraction of sp³-hybridized carbons (Fsp3) is 0.267. The number of methoxy groups -OCH3 is 4. The molecule has 3 aliphatic heterocycles. The van der Waals surface area contributed by atoms with Gasteiger partial charge in [0.05, 0.1) is 40.4 Å². The Hall–Kier alpha value is -4.86. The van der Waals surface area contributed by atoms with Crippen LogP contribution in [0.2, 0.25) is 0 Å². The van der Waals surface area contributed by atoms with Gasteiger partial charge in [-0.2, -0.15) is 0 Å². The zero-order chi connectivity index (χ0) is 28.0. The summed E-state index contributed by atoms with van der Waals surface area (Å²) in [5.41, 5.74) is 2.25. The van der Waals surface area contributed by atoms with Crippen molar-refractivity contribution in [2.45, 2.75) is 12.3 Å². The smallest absolute Gasteiger partial charge is 0.312 e. The molecular formula is C30H26O10. The van der Waals surface area contributed by atoms with Gasteiger partial charge in [0.15, 0.2) is 28.8 Å². The molecule has 0 saturated heterocycles. The molecule has 10 nitrogen and oxygen atoms in total. The zero-order valence-corrected chi connectivity index (χ0v) is 22.3. The van der Waals surface area contributed by atoms with E-state index < -0.39 is 11.9 Å². The second-order valence-electron chi connectivity index (χ2n) is 9.22. The van der Waals surface area contributed by atoms with Crippen molar-refractivity contribution in [3.05, 3.63) is 64.4 Å². The first-order valence-electron chi connectivity index (χ1n) is 12.5. The maximum Gasteiger partial charge on any atom is 0.312 e. The molecule has 3 heterocycles. The lowest BCUT2D eigenvalue weighted by atomic mass is 9.84. The minimum atomic E-state index is -0.487. The van der Waals surface area contributed by atoms with Crippen LogP contribution >= 0.6 is 0 Å². The van der Waals surface area contributed by atoms with Gasteiger partial charge in [-0.25, -0.2) is 0 Å². The van der Waals surface area contributed by atoms with E-state index in [1.165, 1.54) is 21.3 Å². The molecule has 3 aromatic carbocycles. The highest BCUT2D eigenvalue weighted by Gasteiger charge is 2.39. The molecule has 0 radical (unpaired) electrons. The summed E-state index contributed by atoms with van der Waals surface area (Å²) in [6.45, 7) is 0.800. The third-order valence-corrected chi connectivity index (χ3v) is 7.05. The van der Waals surface area contributed by atoms with E-state index in [1.807, 2.05) is 12.1 Å². The van der Waals surface area contributed by atoms with Crippen molar-refractivity contribution in [1.82, 2.24) is 0 Å². The molecule has 40 heavy (non-hydrogen) atoms.